The lowest BCUT2D eigenvalue weighted by molar-refractivity contribution is -0.802. The third-order valence-corrected chi connectivity index (χ3v) is 5.40. The van der Waals surface area contributed by atoms with Gasteiger partial charge in [-0.3, -0.25) is 4.48 Å². The second-order valence-electron chi connectivity index (χ2n) is 8.49. The molecule has 27 heavy (non-hydrogen) atoms. The number of guanidine groups is 1. The smallest absolute Gasteiger partial charge is 0.414 e. The molecule has 0 aromatic rings. The summed E-state index contributed by atoms with van der Waals surface area (Å²) in [6, 6.07) is 0. The Balaban J connectivity index is 3.33. The van der Waals surface area contributed by atoms with Gasteiger partial charge >= 0.3 is 12.1 Å². The number of quaternary nitrogens is 1. The molecule has 0 aromatic carbocycles. The highest BCUT2D eigenvalue weighted by Gasteiger charge is 2.23. The first-order valence-electron chi connectivity index (χ1n) is 11.3. The molecule has 0 radical (unpaired) electrons. The van der Waals surface area contributed by atoms with Gasteiger partial charge in [0.05, 0.1) is 20.6 Å². The van der Waals surface area contributed by atoms with E-state index in [0.717, 1.165) is 13.0 Å². The standard InChI is InChI=1S/C22H45N3O2/c1-4-5-6-7-8-9-10-11-12-13-14-15-16-17-18-19-20-25(2,3)21(23)24-22(26)27/h4-20H2,1-3H3,(H2-,23,24,26,27)/p+1. The van der Waals surface area contributed by atoms with Gasteiger partial charge < -0.3 is 5.11 Å². The van der Waals surface area contributed by atoms with Gasteiger partial charge in [-0.15, -0.1) is 0 Å². The monoisotopic (exact) mass is 384 g/mol. The van der Waals surface area contributed by atoms with E-state index in [4.69, 9.17) is 10.5 Å². The molecule has 0 aliphatic rings. The van der Waals surface area contributed by atoms with Crippen LogP contribution in [0.5, 0.6) is 0 Å². The van der Waals surface area contributed by atoms with E-state index in [2.05, 4.69) is 12.2 Å². The molecule has 0 atom stereocenters. The summed E-state index contributed by atoms with van der Waals surface area (Å²) in [5, 5.41) is 18.7. The van der Waals surface area contributed by atoms with Gasteiger partial charge in [-0.1, -0.05) is 96.8 Å². The van der Waals surface area contributed by atoms with Gasteiger partial charge in [0.1, 0.15) is 0 Å². The van der Waals surface area contributed by atoms with Crippen LogP contribution in [0.1, 0.15) is 110 Å². The van der Waals surface area contributed by atoms with Crippen LogP contribution in [-0.2, 0) is 0 Å². The van der Waals surface area contributed by atoms with Crippen LogP contribution in [0.15, 0.2) is 0 Å². The number of carboxylic acid groups (broad SMARTS) is 1. The minimum Gasteiger partial charge on any atom is -0.465 e. The van der Waals surface area contributed by atoms with Gasteiger partial charge in [-0.05, 0) is 12.8 Å². The van der Waals surface area contributed by atoms with Crippen molar-refractivity contribution in [2.75, 3.05) is 20.6 Å². The zero-order valence-electron chi connectivity index (χ0n) is 18.3. The van der Waals surface area contributed by atoms with Crippen molar-refractivity contribution in [3.05, 3.63) is 0 Å². The van der Waals surface area contributed by atoms with Crippen LogP contribution in [0.4, 0.5) is 4.79 Å². The zero-order valence-corrected chi connectivity index (χ0v) is 18.3. The largest absolute Gasteiger partial charge is 0.465 e. The Bertz CT molecular complexity index is 384. The summed E-state index contributed by atoms with van der Waals surface area (Å²) in [7, 11) is 3.76. The minimum absolute atomic E-state index is 0.0449. The Morgan fingerprint density at radius 3 is 1.41 bits per heavy atom. The maximum atomic E-state index is 10.6. The summed E-state index contributed by atoms with van der Waals surface area (Å²) < 4.78 is 0.297. The SMILES string of the molecule is CCCCCCCCCCCCCCCCCC[N+](C)(C)C(=N)NC(=O)O. The highest BCUT2D eigenvalue weighted by atomic mass is 16.4. The van der Waals surface area contributed by atoms with Crippen molar-refractivity contribution < 1.29 is 14.4 Å². The third-order valence-electron chi connectivity index (χ3n) is 5.40. The van der Waals surface area contributed by atoms with E-state index in [1.807, 2.05) is 14.1 Å². The average molecular weight is 385 g/mol. The van der Waals surface area contributed by atoms with Crippen LogP contribution < -0.4 is 5.32 Å². The average Bonchev–Trinajstić information content (AvgIpc) is 2.60. The van der Waals surface area contributed by atoms with Crippen molar-refractivity contribution in [1.82, 2.24) is 5.32 Å². The lowest BCUT2D eigenvalue weighted by Crippen LogP contribution is -2.53. The van der Waals surface area contributed by atoms with Gasteiger partial charge in [-0.25, -0.2) is 15.5 Å². The van der Waals surface area contributed by atoms with Gasteiger partial charge in [-0.2, -0.15) is 0 Å². The van der Waals surface area contributed by atoms with Crippen molar-refractivity contribution in [3.63, 3.8) is 0 Å². The van der Waals surface area contributed by atoms with Crippen LogP contribution in [0, 0.1) is 5.41 Å². The maximum absolute atomic E-state index is 10.6. The summed E-state index contributed by atoms with van der Waals surface area (Å²) in [6.45, 7) is 3.08. The Kier molecular flexibility index (Phi) is 16.3. The van der Waals surface area contributed by atoms with E-state index in [1.165, 1.54) is 96.3 Å². The Labute approximate surface area is 168 Å². The molecular weight excluding hydrogens is 338 g/mol. The molecule has 3 N–H and O–H groups in total. The zero-order chi connectivity index (χ0) is 20.4. The molecule has 0 bridgehead atoms. The third kappa shape index (κ3) is 16.8. The van der Waals surface area contributed by atoms with Crippen LogP contribution in [-0.4, -0.2) is 42.3 Å². The highest BCUT2D eigenvalue weighted by molar-refractivity contribution is 5.87. The van der Waals surface area contributed by atoms with Crippen LogP contribution in [0.3, 0.4) is 0 Å². The molecule has 0 saturated carbocycles. The first-order chi connectivity index (χ1) is 12.9. The summed E-state index contributed by atoms with van der Waals surface area (Å²) in [5.74, 6) is 0.0449. The van der Waals surface area contributed by atoms with Gasteiger partial charge in [0.25, 0.3) is 0 Å². The number of amides is 1. The summed E-state index contributed by atoms with van der Waals surface area (Å²) in [6.07, 6.45) is 20.4. The lowest BCUT2D eigenvalue weighted by Gasteiger charge is -2.28. The van der Waals surface area contributed by atoms with E-state index in [9.17, 15) is 4.79 Å². The topological polar surface area (TPSA) is 73.2 Å². The number of hydrogen-bond donors (Lipinski definition) is 3. The molecule has 0 fully saturated rings. The molecule has 0 aliphatic heterocycles. The molecule has 5 heteroatoms. The fraction of sp³-hybridized carbons (Fsp3) is 0.909. The van der Waals surface area contributed by atoms with Crippen LogP contribution in [0.25, 0.3) is 0 Å². The fourth-order valence-electron chi connectivity index (χ4n) is 3.42. The predicted molar refractivity (Wildman–Crippen MR) is 115 cm³/mol. The molecule has 0 aliphatic carbocycles. The van der Waals surface area contributed by atoms with E-state index in [1.54, 1.807) is 0 Å². The summed E-state index contributed by atoms with van der Waals surface area (Å²) in [5.41, 5.74) is 0. The minimum atomic E-state index is -1.15. The molecule has 1 amide bonds. The number of hydrogen-bond acceptors (Lipinski definition) is 2. The first kappa shape index (κ1) is 25.9. The van der Waals surface area contributed by atoms with Crippen molar-refractivity contribution >= 4 is 12.1 Å². The quantitative estimate of drug-likeness (QED) is 0.115. The molecule has 0 rings (SSSR count). The predicted octanol–water partition coefficient (Wildman–Crippen LogP) is 6.53. The van der Waals surface area contributed by atoms with Crippen molar-refractivity contribution in [1.29, 1.82) is 5.41 Å². The Morgan fingerprint density at radius 2 is 1.07 bits per heavy atom. The number of carbonyl (C=O) groups is 1. The van der Waals surface area contributed by atoms with Gasteiger partial charge in [0.15, 0.2) is 0 Å². The summed E-state index contributed by atoms with van der Waals surface area (Å²) >= 11 is 0. The second kappa shape index (κ2) is 17.0. The number of nitrogens with one attached hydrogen (secondary N) is 2. The van der Waals surface area contributed by atoms with E-state index in [-0.39, 0.29) is 5.96 Å². The number of rotatable bonds is 17. The van der Waals surface area contributed by atoms with Crippen LogP contribution in [0.2, 0.25) is 0 Å². The number of unbranched alkanes of at least 4 members (excludes halogenated alkanes) is 15. The van der Waals surface area contributed by atoms with Crippen molar-refractivity contribution in [2.24, 2.45) is 0 Å². The highest BCUT2D eigenvalue weighted by Crippen LogP contribution is 2.14. The molecule has 160 valence electrons. The Hall–Kier alpha value is -1.10. The fourth-order valence-corrected chi connectivity index (χ4v) is 3.42. The van der Waals surface area contributed by atoms with Crippen molar-refractivity contribution in [2.45, 2.75) is 110 Å². The van der Waals surface area contributed by atoms with Crippen LogP contribution >= 0.6 is 0 Å². The van der Waals surface area contributed by atoms with E-state index < -0.39 is 6.09 Å². The number of nitrogens with zero attached hydrogens (tertiary/aromatic N) is 1. The molecule has 5 nitrogen and oxygen atoms in total. The van der Waals surface area contributed by atoms with Gasteiger partial charge in [0, 0.05) is 0 Å². The summed E-state index contributed by atoms with van der Waals surface area (Å²) in [4.78, 5) is 10.6. The molecule has 0 spiro atoms. The van der Waals surface area contributed by atoms with Crippen molar-refractivity contribution in [3.8, 4) is 0 Å². The Morgan fingerprint density at radius 1 is 0.741 bits per heavy atom. The van der Waals surface area contributed by atoms with Gasteiger partial charge in [0.2, 0.25) is 0 Å². The second-order valence-corrected chi connectivity index (χ2v) is 8.49. The van der Waals surface area contributed by atoms with E-state index >= 15 is 0 Å². The molecular formula is C22H46N3O2+. The normalized spacial score (nSPS) is 11.5. The first-order valence-corrected chi connectivity index (χ1v) is 11.3. The molecule has 0 unspecified atom stereocenters. The molecule has 0 heterocycles. The maximum Gasteiger partial charge on any atom is 0.414 e. The lowest BCUT2D eigenvalue weighted by atomic mass is 10.0. The molecule has 0 saturated heterocycles. The molecule has 0 aromatic heterocycles. The van der Waals surface area contributed by atoms with E-state index in [0.29, 0.717) is 4.48 Å².